The normalized spacial score (nSPS) is 11.4. The lowest BCUT2D eigenvalue weighted by Crippen LogP contribution is -2.26. The van der Waals surface area contributed by atoms with Crippen molar-refractivity contribution in [2.45, 2.75) is 20.3 Å². The van der Waals surface area contributed by atoms with E-state index < -0.39 is 11.4 Å². The zero-order valence-corrected chi connectivity index (χ0v) is 9.75. The average Bonchev–Trinajstić information content (AvgIpc) is 2.18. The molecule has 0 bridgehead atoms. The smallest absolute Gasteiger partial charge is 0.309 e. The minimum atomic E-state index is -1.06. The van der Waals surface area contributed by atoms with Gasteiger partial charge in [0, 0.05) is 10.6 Å². The van der Waals surface area contributed by atoms with Gasteiger partial charge in [0.15, 0.2) is 11.5 Å². The first-order chi connectivity index (χ1) is 7.25. The monoisotopic (exact) mass is 244 g/mol. The van der Waals surface area contributed by atoms with E-state index in [2.05, 4.69) is 0 Å². The van der Waals surface area contributed by atoms with Gasteiger partial charge in [-0.3, -0.25) is 4.79 Å². The Kier molecular flexibility index (Phi) is 3.33. The highest BCUT2D eigenvalue weighted by Crippen LogP contribution is 2.38. The van der Waals surface area contributed by atoms with Crippen LogP contribution < -0.4 is 0 Å². The number of aliphatic carboxylic acids is 1. The Labute approximate surface area is 98.1 Å². The molecule has 0 atom stereocenters. The maximum absolute atomic E-state index is 10.9. The SMILES string of the molecule is CC(C)(Cc1c(Cl)ccc(O)c1O)C(=O)O. The summed E-state index contributed by atoms with van der Waals surface area (Å²) >= 11 is 5.85. The molecule has 0 amide bonds. The molecule has 0 saturated heterocycles. The Bertz CT molecular complexity index is 426. The van der Waals surface area contributed by atoms with Crippen LogP contribution in [0.5, 0.6) is 11.5 Å². The summed E-state index contributed by atoms with van der Waals surface area (Å²) in [6.07, 6.45) is 0.0431. The van der Waals surface area contributed by atoms with Gasteiger partial charge in [0.05, 0.1) is 5.41 Å². The minimum Gasteiger partial charge on any atom is -0.504 e. The van der Waals surface area contributed by atoms with Gasteiger partial charge in [0.2, 0.25) is 0 Å². The van der Waals surface area contributed by atoms with Crippen molar-refractivity contribution in [1.82, 2.24) is 0 Å². The summed E-state index contributed by atoms with van der Waals surface area (Å²) in [7, 11) is 0. The number of phenols is 2. The van der Waals surface area contributed by atoms with Crippen molar-refractivity contribution in [2.24, 2.45) is 5.41 Å². The molecule has 0 spiro atoms. The van der Waals surface area contributed by atoms with Gasteiger partial charge in [-0.15, -0.1) is 0 Å². The molecular formula is C11H13ClO4. The lowest BCUT2D eigenvalue weighted by atomic mass is 9.85. The first-order valence-electron chi connectivity index (χ1n) is 4.68. The largest absolute Gasteiger partial charge is 0.504 e. The second-order valence-corrected chi connectivity index (χ2v) is 4.67. The van der Waals surface area contributed by atoms with Crippen LogP contribution in [0.4, 0.5) is 0 Å². The molecule has 5 heteroatoms. The molecule has 0 aromatic heterocycles. The van der Waals surface area contributed by atoms with Crippen LogP contribution in [0.2, 0.25) is 5.02 Å². The summed E-state index contributed by atoms with van der Waals surface area (Å²) in [5.41, 5.74) is -0.816. The van der Waals surface area contributed by atoms with Gasteiger partial charge in [-0.05, 0) is 32.4 Å². The topological polar surface area (TPSA) is 77.8 Å². The van der Waals surface area contributed by atoms with Gasteiger partial charge >= 0.3 is 5.97 Å². The Hall–Kier alpha value is -1.42. The molecule has 1 rings (SSSR count). The summed E-state index contributed by atoms with van der Waals surface area (Å²) in [5.74, 6) is -1.66. The second-order valence-electron chi connectivity index (χ2n) is 4.26. The van der Waals surface area contributed by atoms with E-state index in [-0.39, 0.29) is 28.5 Å². The Balaban J connectivity index is 3.15. The third kappa shape index (κ3) is 2.39. The molecule has 0 saturated carbocycles. The zero-order valence-electron chi connectivity index (χ0n) is 8.99. The van der Waals surface area contributed by atoms with Crippen molar-refractivity contribution in [3.63, 3.8) is 0 Å². The number of halogens is 1. The quantitative estimate of drug-likeness (QED) is 0.714. The average molecular weight is 245 g/mol. The Morgan fingerprint density at radius 2 is 1.94 bits per heavy atom. The third-order valence-electron chi connectivity index (χ3n) is 2.40. The molecule has 4 nitrogen and oxygen atoms in total. The molecule has 0 aliphatic carbocycles. The van der Waals surface area contributed by atoms with Crippen LogP contribution in [0.25, 0.3) is 0 Å². The molecule has 0 aliphatic rings. The molecule has 0 fully saturated rings. The van der Waals surface area contributed by atoms with Crippen LogP contribution in [0.1, 0.15) is 19.4 Å². The van der Waals surface area contributed by atoms with Gasteiger partial charge in [0.25, 0.3) is 0 Å². The van der Waals surface area contributed by atoms with E-state index in [1.165, 1.54) is 26.0 Å². The lowest BCUT2D eigenvalue weighted by molar-refractivity contribution is -0.146. The molecule has 0 aliphatic heterocycles. The van der Waals surface area contributed by atoms with E-state index in [9.17, 15) is 15.0 Å². The van der Waals surface area contributed by atoms with E-state index in [1.807, 2.05) is 0 Å². The van der Waals surface area contributed by atoms with Crippen LogP contribution in [0.15, 0.2) is 12.1 Å². The number of hydrogen-bond acceptors (Lipinski definition) is 3. The van der Waals surface area contributed by atoms with Crippen molar-refractivity contribution in [2.75, 3.05) is 0 Å². The molecule has 0 heterocycles. The van der Waals surface area contributed by atoms with Crippen molar-refractivity contribution in [1.29, 1.82) is 0 Å². The van der Waals surface area contributed by atoms with Crippen molar-refractivity contribution < 1.29 is 20.1 Å². The fourth-order valence-corrected chi connectivity index (χ4v) is 1.50. The van der Waals surface area contributed by atoms with E-state index in [0.717, 1.165) is 0 Å². The lowest BCUT2D eigenvalue weighted by Gasteiger charge is -2.20. The number of phenolic OH excluding ortho intramolecular Hbond substituents is 2. The fraction of sp³-hybridized carbons (Fsp3) is 0.364. The molecule has 1 aromatic carbocycles. The first kappa shape index (κ1) is 12.6. The molecule has 1 aromatic rings. The van der Waals surface area contributed by atoms with Crippen LogP contribution in [0.3, 0.4) is 0 Å². The Morgan fingerprint density at radius 1 is 1.38 bits per heavy atom. The minimum absolute atomic E-state index is 0.0431. The number of carboxylic acid groups (broad SMARTS) is 1. The van der Waals surface area contributed by atoms with Gasteiger partial charge < -0.3 is 15.3 Å². The second kappa shape index (κ2) is 4.22. The predicted molar refractivity (Wildman–Crippen MR) is 59.9 cm³/mol. The van der Waals surface area contributed by atoms with Crippen LogP contribution >= 0.6 is 11.6 Å². The summed E-state index contributed by atoms with van der Waals surface area (Å²) in [4.78, 5) is 10.9. The fourth-order valence-electron chi connectivity index (χ4n) is 1.29. The van der Waals surface area contributed by atoms with Gasteiger partial charge in [-0.25, -0.2) is 0 Å². The molecule has 88 valence electrons. The van der Waals surface area contributed by atoms with Crippen molar-refractivity contribution >= 4 is 17.6 Å². The summed E-state index contributed by atoms with van der Waals surface area (Å²) in [6, 6.07) is 2.68. The molecule has 16 heavy (non-hydrogen) atoms. The predicted octanol–water partition coefficient (Wildman–Crippen LogP) is 2.40. The maximum atomic E-state index is 10.9. The van der Waals surface area contributed by atoms with E-state index in [0.29, 0.717) is 0 Å². The Morgan fingerprint density at radius 3 is 2.44 bits per heavy atom. The number of rotatable bonds is 3. The van der Waals surface area contributed by atoms with Crippen molar-refractivity contribution in [3.05, 3.63) is 22.7 Å². The maximum Gasteiger partial charge on any atom is 0.309 e. The third-order valence-corrected chi connectivity index (χ3v) is 2.76. The first-order valence-corrected chi connectivity index (χ1v) is 5.06. The van der Waals surface area contributed by atoms with Crippen LogP contribution in [-0.2, 0) is 11.2 Å². The van der Waals surface area contributed by atoms with Gasteiger partial charge in [0.1, 0.15) is 0 Å². The van der Waals surface area contributed by atoms with E-state index >= 15 is 0 Å². The number of carbonyl (C=O) groups is 1. The summed E-state index contributed by atoms with van der Waals surface area (Å²) < 4.78 is 0. The van der Waals surface area contributed by atoms with Crippen LogP contribution in [-0.4, -0.2) is 21.3 Å². The number of benzene rings is 1. The van der Waals surface area contributed by atoms with Gasteiger partial charge in [-0.1, -0.05) is 11.6 Å². The molecule has 0 unspecified atom stereocenters. The summed E-state index contributed by atoms with van der Waals surface area (Å²) in [5, 5.41) is 28.1. The number of hydrogen-bond donors (Lipinski definition) is 3. The molecule has 3 N–H and O–H groups in total. The highest BCUT2D eigenvalue weighted by atomic mass is 35.5. The number of carboxylic acids is 1. The zero-order chi connectivity index (χ0) is 12.5. The van der Waals surface area contributed by atoms with Gasteiger partial charge in [-0.2, -0.15) is 0 Å². The highest BCUT2D eigenvalue weighted by molar-refractivity contribution is 6.31. The van der Waals surface area contributed by atoms with E-state index in [1.54, 1.807) is 0 Å². The highest BCUT2D eigenvalue weighted by Gasteiger charge is 2.30. The van der Waals surface area contributed by atoms with Crippen molar-refractivity contribution in [3.8, 4) is 11.5 Å². The van der Waals surface area contributed by atoms with Crippen LogP contribution in [0, 0.1) is 5.41 Å². The number of aromatic hydroxyl groups is 2. The molecule has 0 radical (unpaired) electrons. The standard InChI is InChI=1S/C11H13ClO4/c1-11(2,10(15)16)5-6-7(12)3-4-8(13)9(6)14/h3-4,13-14H,5H2,1-2H3,(H,15,16). The molecular weight excluding hydrogens is 232 g/mol. The van der Waals surface area contributed by atoms with E-state index in [4.69, 9.17) is 16.7 Å². The summed E-state index contributed by atoms with van der Waals surface area (Å²) in [6.45, 7) is 3.05.